The van der Waals surface area contributed by atoms with Gasteiger partial charge in [-0.25, -0.2) is 9.97 Å². The first-order valence-corrected chi connectivity index (χ1v) is 11.4. The number of carbonyl (C=O) groups is 2. The van der Waals surface area contributed by atoms with Gasteiger partial charge in [-0.1, -0.05) is 0 Å². The smallest absolute Gasteiger partial charge is 0.309 e. The Labute approximate surface area is 180 Å². The summed E-state index contributed by atoms with van der Waals surface area (Å²) in [5.41, 5.74) is 0.960. The number of hydrogen-bond acceptors (Lipinski definition) is 8. The van der Waals surface area contributed by atoms with Gasteiger partial charge in [0.1, 0.15) is 17.0 Å². The van der Waals surface area contributed by atoms with Crippen LogP contribution in [0.1, 0.15) is 35.0 Å². The number of thiophene rings is 1. The van der Waals surface area contributed by atoms with Crippen LogP contribution in [0.5, 0.6) is 0 Å². The first-order valence-electron chi connectivity index (χ1n) is 10.6. The molecule has 4 rings (SSSR count). The summed E-state index contributed by atoms with van der Waals surface area (Å²) in [4.78, 5) is 42.3. The number of hydrogen-bond donors (Lipinski definition) is 0. The molecule has 2 fully saturated rings. The maximum Gasteiger partial charge on any atom is 0.309 e. The number of carbonyl (C=O) groups excluding carboxylic acids is 2. The van der Waals surface area contributed by atoms with Gasteiger partial charge in [-0.15, -0.1) is 11.3 Å². The fourth-order valence-corrected chi connectivity index (χ4v) is 5.35. The molecule has 0 spiro atoms. The molecule has 0 bridgehead atoms. The Bertz CT molecular complexity index is 930. The Morgan fingerprint density at radius 1 is 1.13 bits per heavy atom. The van der Waals surface area contributed by atoms with Gasteiger partial charge in [0, 0.05) is 39.3 Å². The highest BCUT2D eigenvalue weighted by atomic mass is 32.1. The van der Waals surface area contributed by atoms with Crippen molar-refractivity contribution in [3.05, 3.63) is 16.8 Å². The maximum atomic E-state index is 13.3. The SMILES string of the molecule is CCOC(=O)C1CCN(C(=O)c2sc3ncnc(N4CCN(C)CC4)c3c2C)CC1. The third-order valence-electron chi connectivity index (χ3n) is 6.11. The van der Waals surface area contributed by atoms with Gasteiger partial charge in [-0.3, -0.25) is 9.59 Å². The van der Waals surface area contributed by atoms with Crippen LogP contribution in [0.15, 0.2) is 6.33 Å². The second kappa shape index (κ2) is 8.85. The second-order valence-corrected chi connectivity index (χ2v) is 9.04. The van der Waals surface area contributed by atoms with E-state index in [-0.39, 0.29) is 17.8 Å². The highest BCUT2D eigenvalue weighted by Crippen LogP contribution is 2.36. The summed E-state index contributed by atoms with van der Waals surface area (Å²) in [6, 6.07) is 0. The molecule has 2 aromatic rings. The average molecular weight is 432 g/mol. The number of likely N-dealkylation sites (tertiary alicyclic amines) is 1. The molecule has 0 atom stereocenters. The van der Waals surface area contributed by atoms with Gasteiger partial charge in [0.15, 0.2) is 0 Å². The Morgan fingerprint density at radius 2 is 1.83 bits per heavy atom. The van der Waals surface area contributed by atoms with E-state index in [0.717, 1.165) is 52.7 Å². The molecule has 4 heterocycles. The molecule has 2 aromatic heterocycles. The predicted molar refractivity (Wildman–Crippen MR) is 117 cm³/mol. The predicted octanol–water partition coefficient (Wildman–Crippen LogP) is 2.17. The number of amides is 1. The average Bonchev–Trinajstić information content (AvgIpc) is 3.11. The number of piperidine rings is 1. The van der Waals surface area contributed by atoms with Gasteiger partial charge in [-0.2, -0.15) is 0 Å². The van der Waals surface area contributed by atoms with Crippen molar-refractivity contribution in [2.45, 2.75) is 26.7 Å². The van der Waals surface area contributed by atoms with Crippen molar-refractivity contribution in [1.29, 1.82) is 0 Å². The van der Waals surface area contributed by atoms with E-state index in [0.29, 0.717) is 32.5 Å². The number of rotatable bonds is 4. The molecule has 0 unspecified atom stereocenters. The Kier molecular flexibility index (Phi) is 6.19. The van der Waals surface area contributed by atoms with Gasteiger partial charge < -0.3 is 19.4 Å². The summed E-state index contributed by atoms with van der Waals surface area (Å²) in [7, 11) is 2.13. The zero-order chi connectivity index (χ0) is 21.3. The van der Waals surface area contributed by atoms with E-state index in [2.05, 4.69) is 26.8 Å². The Hall–Kier alpha value is -2.26. The van der Waals surface area contributed by atoms with E-state index < -0.39 is 0 Å². The molecule has 0 aromatic carbocycles. The van der Waals surface area contributed by atoms with E-state index in [1.54, 1.807) is 6.33 Å². The van der Waals surface area contributed by atoms with Gasteiger partial charge in [0.2, 0.25) is 0 Å². The minimum atomic E-state index is -0.144. The Balaban J connectivity index is 1.54. The van der Waals surface area contributed by atoms with Gasteiger partial charge >= 0.3 is 5.97 Å². The number of piperazine rings is 1. The fourth-order valence-electron chi connectivity index (χ4n) is 4.24. The largest absolute Gasteiger partial charge is 0.466 e. The number of anilines is 1. The summed E-state index contributed by atoms with van der Waals surface area (Å²) in [5.74, 6) is 0.714. The molecule has 0 saturated carbocycles. The number of aromatic nitrogens is 2. The molecule has 1 amide bonds. The molecule has 0 N–H and O–H groups in total. The van der Waals surface area contributed by atoms with Crippen molar-refractivity contribution in [2.24, 2.45) is 5.92 Å². The van der Waals surface area contributed by atoms with Crippen LogP contribution in [-0.4, -0.2) is 84.6 Å². The minimum Gasteiger partial charge on any atom is -0.466 e. The summed E-state index contributed by atoms with van der Waals surface area (Å²) in [6.45, 7) is 9.20. The number of ether oxygens (including phenoxy) is 1. The molecule has 2 aliphatic heterocycles. The van der Waals surface area contributed by atoms with E-state index in [4.69, 9.17) is 4.74 Å². The fraction of sp³-hybridized carbons (Fsp3) is 0.619. The molecule has 0 radical (unpaired) electrons. The van der Waals surface area contributed by atoms with Crippen LogP contribution in [0, 0.1) is 12.8 Å². The summed E-state index contributed by atoms with van der Waals surface area (Å²) in [5, 5.41) is 0.997. The van der Waals surface area contributed by atoms with E-state index in [1.165, 1.54) is 11.3 Å². The first-order chi connectivity index (χ1) is 14.5. The maximum absolute atomic E-state index is 13.3. The van der Waals surface area contributed by atoms with Crippen LogP contribution in [0.4, 0.5) is 5.82 Å². The number of likely N-dealkylation sites (N-methyl/N-ethyl adjacent to an activating group) is 1. The van der Waals surface area contributed by atoms with Crippen LogP contribution in [0.2, 0.25) is 0 Å². The molecular formula is C21H29N5O3S. The second-order valence-electron chi connectivity index (χ2n) is 8.04. The van der Waals surface area contributed by atoms with Crippen LogP contribution in [0.25, 0.3) is 10.2 Å². The summed E-state index contributed by atoms with van der Waals surface area (Å²) >= 11 is 1.45. The highest BCUT2D eigenvalue weighted by molar-refractivity contribution is 7.20. The number of esters is 1. The molecule has 8 nitrogen and oxygen atoms in total. The van der Waals surface area contributed by atoms with Gasteiger partial charge in [0.25, 0.3) is 5.91 Å². The molecule has 0 aliphatic carbocycles. The van der Waals surface area contributed by atoms with E-state index >= 15 is 0 Å². The van der Waals surface area contributed by atoms with Crippen molar-refractivity contribution >= 4 is 39.2 Å². The van der Waals surface area contributed by atoms with Crippen LogP contribution < -0.4 is 4.90 Å². The van der Waals surface area contributed by atoms with E-state index in [1.807, 2.05) is 18.7 Å². The van der Waals surface area contributed by atoms with Crippen molar-refractivity contribution in [1.82, 2.24) is 19.8 Å². The van der Waals surface area contributed by atoms with Crippen molar-refractivity contribution < 1.29 is 14.3 Å². The minimum absolute atomic E-state index is 0.0298. The third-order valence-corrected chi connectivity index (χ3v) is 7.29. The lowest BCUT2D eigenvalue weighted by Gasteiger charge is -2.33. The van der Waals surface area contributed by atoms with Crippen molar-refractivity contribution in [2.75, 3.05) is 57.8 Å². The van der Waals surface area contributed by atoms with E-state index in [9.17, 15) is 9.59 Å². The van der Waals surface area contributed by atoms with Crippen LogP contribution in [0.3, 0.4) is 0 Å². The number of fused-ring (bicyclic) bond motifs is 1. The zero-order valence-corrected chi connectivity index (χ0v) is 18.7. The first kappa shape index (κ1) is 21.0. The standard InChI is InChI=1S/C21H29N5O3S/c1-4-29-21(28)15-5-7-26(8-6-15)20(27)17-14(2)16-18(22-13-23-19(16)30-17)25-11-9-24(3)10-12-25/h13,15H,4-12H2,1-3H3. The molecule has 2 saturated heterocycles. The topological polar surface area (TPSA) is 78.9 Å². The normalized spacial score (nSPS) is 18.8. The monoisotopic (exact) mass is 431 g/mol. The summed E-state index contributed by atoms with van der Waals surface area (Å²) < 4.78 is 5.13. The molecule has 30 heavy (non-hydrogen) atoms. The van der Waals surface area contributed by atoms with Crippen LogP contribution >= 0.6 is 11.3 Å². The van der Waals surface area contributed by atoms with Crippen molar-refractivity contribution in [3.8, 4) is 0 Å². The summed E-state index contributed by atoms with van der Waals surface area (Å²) in [6.07, 6.45) is 2.91. The lowest BCUT2D eigenvalue weighted by atomic mass is 9.97. The highest BCUT2D eigenvalue weighted by Gasteiger charge is 2.31. The van der Waals surface area contributed by atoms with Crippen LogP contribution in [-0.2, 0) is 9.53 Å². The third kappa shape index (κ3) is 4.00. The molecule has 2 aliphatic rings. The number of aryl methyl sites for hydroxylation is 1. The zero-order valence-electron chi connectivity index (χ0n) is 17.9. The molecular weight excluding hydrogens is 402 g/mol. The lowest BCUT2D eigenvalue weighted by Crippen LogP contribution is -2.44. The molecule has 9 heteroatoms. The quantitative estimate of drug-likeness (QED) is 0.687. The van der Waals surface area contributed by atoms with Gasteiger partial charge in [0.05, 0.1) is 22.8 Å². The molecule has 162 valence electrons. The number of nitrogens with zero attached hydrogens (tertiary/aromatic N) is 5. The van der Waals surface area contributed by atoms with Crippen molar-refractivity contribution in [3.63, 3.8) is 0 Å². The van der Waals surface area contributed by atoms with Gasteiger partial charge in [-0.05, 0) is 39.3 Å². The lowest BCUT2D eigenvalue weighted by molar-refractivity contribution is -0.149. The Morgan fingerprint density at radius 3 is 2.50 bits per heavy atom.